The fourth-order valence-corrected chi connectivity index (χ4v) is 3.16. The van der Waals surface area contributed by atoms with Crippen LogP contribution in [0.5, 0.6) is 0 Å². The van der Waals surface area contributed by atoms with Crippen molar-refractivity contribution in [3.8, 4) is 11.1 Å². The van der Waals surface area contributed by atoms with Gasteiger partial charge in [-0.25, -0.2) is 4.79 Å². The first-order valence-electron chi connectivity index (χ1n) is 9.68. The van der Waals surface area contributed by atoms with Gasteiger partial charge in [-0.05, 0) is 34.4 Å². The molecule has 3 N–H and O–H groups in total. The number of aliphatic carboxylic acids is 1. The van der Waals surface area contributed by atoms with Gasteiger partial charge in [-0.1, -0.05) is 66.7 Å². The van der Waals surface area contributed by atoms with Crippen molar-refractivity contribution < 1.29 is 33.0 Å². The standard InChI is InChI=1S/C24H20F3NO4/c25-24(26,27)19-12-10-18(11-13-19)21(29)22(30)28-20(23(31)32)14-15-6-8-17(9-7-15)16-4-2-1-3-5-16/h1-13,20-21,29H,14H2,(H,28,30)(H,31,32)/t20-,21+/m0/s1. The first-order chi connectivity index (χ1) is 15.1. The fraction of sp³-hybridized carbons (Fsp3) is 0.167. The highest BCUT2D eigenvalue weighted by Crippen LogP contribution is 2.30. The Kier molecular flexibility index (Phi) is 6.95. The Bertz CT molecular complexity index is 1070. The van der Waals surface area contributed by atoms with Crippen molar-refractivity contribution in [2.45, 2.75) is 24.7 Å². The maximum absolute atomic E-state index is 12.7. The van der Waals surface area contributed by atoms with Crippen molar-refractivity contribution in [2.75, 3.05) is 0 Å². The number of rotatable bonds is 7. The van der Waals surface area contributed by atoms with E-state index >= 15 is 0 Å². The van der Waals surface area contributed by atoms with Gasteiger partial charge >= 0.3 is 12.1 Å². The third-order valence-corrected chi connectivity index (χ3v) is 4.92. The first kappa shape index (κ1) is 23.0. The third kappa shape index (κ3) is 5.73. The number of carbonyl (C=O) groups excluding carboxylic acids is 1. The molecule has 0 aromatic heterocycles. The van der Waals surface area contributed by atoms with Gasteiger partial charge in [-0.3, -0.25) is 4.79 Å². The highest BCUT2D eigenvalue weighted by Gasteiger charge is 2.31. The van der Waals surface area contributed by atoms with Crippen LogP contribution in [-0.4, -0.2) is 28.1 Å². The van der Waals surface area contributed by atoms with E-state index in [0.717, 1.165) is 35.4 Å². The summed E-state index contributed by atoms with van der Waals surface area (Å²) in [5.74, 6) is -2.32. The Balaban J connectivity index is 1.67. The Morgan fingerprint density at radius 2 is 1.41 bits per heavy atom. The summed E-state index contributed by atoms with van der Waals surface area (Å²) in [6.45, 7) is 0. The van der Waals surface area contributed by atoms with E-state index in [4.69, 9.17) is 0 Å². The van der Waals surface area contributed by atoms with E-state index in [1.165, 1.54) is 0 Å². The molecule has 0 saturated heterocycles. The van der Waals surface area contributed by atoms with E-state index < -0.39 is 35.8 Å². The van der Waals surface area contributed by atoms with Crippen LogP contribution in [0, 0.1) is 0 Å². The lowest BCUT2D eigenvalue weighted by atomic mass is 10.00. The molecule has 0 fully saturated rings. The third-order valence-electron chi connectivity index (χ3n) is 4.92. The van der Waals surface area contributed by atoms with Crippen LogP contribution in [0.1, 0.15) is 22.8 Å². The van der Waals surface area contributed by atoms with Gasteiger partial charge in [0.2, 0.25) is 0 Å². The second kappa shape index (κ2) is 9.65. The number of alkyl halides is 3. The van der Waals surface area contributed by atoms with Gasteiger partial charge in [0, 0.05) is 6.42 Å². The molecule has 0 spiro atoms. The molecule has 0 radical (unpaired) electrons. The van der Waals surface area contributed by atoms with Gasteiger partial charge in [0.05, 0.1) is 5.56 Å². The maximum atomic E-state index is 12.7. The number of benzene rings is 3. The zero-order valence-corrected chi connectivity index (χ0v) is 16.7. The molecule has 32 heavy (non-hydrogen) atoms. The number of aliphatic hydroxyl groups is 1. The topological polar surface area (TPSA) is 86.6 Å². The number of hydrogen-bond acceptors (Lipinski definition) is 3. The molecule has 5 nitrogen and oxygen atoms in total. The minimum atomic E-state index is -4.55. The molecule has 3 aromatic rings. The van der Waals surface area contributed by atoms with E-state index in [9.17, 15) is 33.0 Å². The minimum Gasteiger partial charge on any atom is -0.480 e. The van der Waals surface area contributed by atoms with Crippen LogP contribution < -0.4 is 5.32 Å². The van der Waals surface area contributed by atoms with Gasteiger partial charge in [0.1, 0.15) is 6.04 Å². The molecule has 0 aliphatic carbocycles. The average Bonchev–Trinajstić information content (AvgIpc) is 2.78. The summed E-state index contributed by atoms with van der Waals surface area (Å²) in [7, 11) is 0. The van der Waals surface area contributed by atoms with Gasteiger partial charge in [0.15, 0.2) is 6.10 Å². The quantitative estimate of drug-likeness (QED) is 0.511. The van der Waals surface area contributed by atoms with Crippen molar-refractivity contribution in [2.24, 2.45) is 0 Å². The van der Waals surface area contributed by atoms with Gasteiger partial charge in [0.25, 0.3) is 5.91 Å². The molecule has 3 aromatic carbocycles. The summed E-state index contributed by atoms with van der Waals surface area (Å²) in [6, 6.07) is 18.9. The number of carboxylic acid groups (broad SMARTS) is 1. The summed E-state index contributed by atoms with van der Waals surface area (Å²) < 4.78 is 38.0. The van der Waals surface area contributed by atoms with Crippen molar-refractivity contribution in [3.63, 3.8) is 0 Å². The molecule has 0 bridgehead atoms. The second-order valence-corrected chi connectivity index (χ2v) is 7.19. The molecule has 0 aliphatic heterocycles. The van der Waals surface area contributed by atoms with Crippen molar-refractivity contribution in [1.82, 2.24) is 5.32 Å². The van der Waals surface area contributed by atoms with E-state index in [2.05, 4.69) is 5.32 Å². The van der Waals surface area contributed by atoms with Crippen molar-refractivity contribution in [1.29, 1.82) is 0 Å². The van der Waals surface area contributed by atoms with E-state index in [0.29, 0.717) is 5.56 Å². The number of amides is 1. The summed E-state index contributed by atoms with van der Waals surface area (Å²) in [5, 5.41) is 21.9. The molecule has 1 amide bonds. The summed E-state index contributed by atoms with van der Waals surface area (Å²) in [5.41, 5.74) is 1.61. The molecule has 166 valence electrons. The smallest absolute Gasteiger partial charge is 0.416 e. The highest BCUT2D eigenvalue weighted by molar-refractivity contribution is 5.87. The summed E-state index contributed by atoms with van der Waals surface area (Å²) in [6.07, 6.45) is -6.38. The van der Waals surface area contributed by atoms with Gasteiger partial charge < -0.3 is 15.5 Å². The first-order valence-corrected chi connectivity index (χ1v) is 9.68. The molecule has 0 saturated carbocycles. The van der Waals surface area contributed by atoms with Crippen LogP contribution in [0.2, 0.25) is 0 Å². The molecule has 0 unspecified atom stereocenters. The molecule has 0 aliphatic rings. The largest absolute Gasteiger partial charge is 0.480 e. The van der Waals surface area contributed by atoms with Crippen LogP contribution in [0.4, 0.5) is 13.2 Å². The zero-order valence-electron chi connectivity index (χ0n) is 16.7. The SMILES string of the molecule is O=C(O)[C@H](Cc1ccc(-c2ccccc2)cc1)NC(=O)[C@H](O)c1ccc(C(F)(F)F)cc1. The molecular weight excluding hydrogens is 423 g/mol. The van der Waals surface area contributed by atoms with Crippen LogP contribution in [0.3, 0.4) is 0 Å². The Morgan fingerprint density at radius 1 is 0.844 bits per heavy atom. The van der Waals surface area contributed by atoms with Crippen molar-refractivity contribution in [3.05, 3.63) is 95.6 Å². The molecular formula is C24H20F3NO4. The predicted molar refractivity (Wildman–Crippen MR) is 112 cm³/mol. The molecule has 0 heterocycles. The second-order valence-electron chi connectivity index (χ2n) is 7.19. The van der Waals surface area contributed by atoms with Crippen molar-refractivity contribution >= 4 is 11.9 Å². The Labute approximate surface area is 182 Å². The lowest BCUT2D eigenvalue weighted by Crippen LogP contribution is -2.44. The Hall–Kier alpha value is -3.65. The summed E-state index contributed by atoms with van der Waals surface area (Å²) in [4.78, 5) is 23.9. The minimum absolute atomic E-state index is 0.0319. The monoisotopic (exact) mass is 443 g/mol. The number of carboxylic acids is 1. The molecule has 3 rings (SSSR count). The summed E-state index contributed by atoms with van der Waals surface area (Å²) >= 11 is 0. The van der Waals surface area contributed by atoms with Crippen LogP contribution in [-0.2, 0) is 22.2 Å². The maximum Gasteiger partial charge on any atom is 0.416 e. The number of nitrogens with one attached hydrogen (secondary N) is 1. The zero-order chi connectivity index (χ0) is 23.3. The van der Waals surface area contributed by atoms with Gasteiger partial charge in [-0.15, -0.1) is 0 Å². The van der Waals surface area contributed by atoms with Gasteiger partial charge in [-0.2, -0.15) is 13.2 Å². The lowest BCUT2D eigenvalue weighted by molar-refractivity contribution is -0.143. The normalized spacial score (nSPS) is 13.2. The average molecular weight is 443 g/mol. The molecule has 2 atom stereocenters. The number of hydrogen-bond donors (Lipinski definition) is 3. The number of aliphatic hydroxyl groups excluding tert-OH is 1. The number of halogens is 3. The van der Waals surface area contributed by atoms with E-state index in [1.54, 1.807) is 12.1 Å². The fourth-order valence-electron chi connectivity index (χ4n) is 3.16. The van der Waals surface area contributed by atoms with Crippen LogP contribution in [0.25, 0.3) is 11.1 Å². The predicted octanol–water partition coefficient (Wildman–Crippen LogP) is 4.22. The van der Waals surface area contributed by atoms with Crippen LogP contribution >= 0.6 is 0 Å². The molecule has 8 heteroatoms. The number of carbonyl (C=O) groups is 2. The highest BCUT2D eigenvalue weighted by atomic mass is 19.4. The van der Waals surface area contributed by atoms with Crippen LogP contribution in [0.15, 0.2) is 78.9 Å². The lowest BCUT2D eigenvalue weighted by Gasteiger charge is -2.18. The van der Waals surface area contributed by atoms with E-state index in [1.807, 2.05) is 42.5 Å². The Morgan fingerprint density at radius 3 is 1.94 bits per heavy atom. The van der Waals surface area contributed by atoms with E-state index in [-0.39, 0.29) is 12.0 Å².